The van der Waals surface area contributed by atoms with E-state index in [1.54, 1.807) is 24.4 Å². The second-order valence-electron chi connectivity index (χ2n) is 7.95. The van der Waals surface area contributed by atoms with Crippen LogP contribution < -0.4 is 15.8 Å². The molecule has 0 radical (unpaired) electrons. The molecular formula is C26H24FN7O. The molecule has 5 rings (SSSR count). The third kappa shape index (κ3) is 4.95. The molecule has 3 heterocycles. The van der Waals surface area contributed by atoms with Gasteiger partial charge in [-0.2, -0.15) is 0 Å². The van der Waals surface area contributed by atoms with E-state index in [0.29, 0.717) is 48.3 Å². The van der Waals surface area contributed by atoms with Crippen LogP contribution in [0.2, 0.25) is 0 Å². The molecule has 0 amide bonds. The third-order valence-electron chi connectivity index (χ3n) is 5.38. The number of aromatic amines is 1. The summed E-state index contributed by atoms with van der Waals surface area (Å²) in [5.41, 5.74) is 11.3. The molecule has 5 aromatic rings. The molecule has 0 bridgehead atoms. The van der Waals surface area contributed by atoms with E-state index in [4.69, 9.17) is 15.5 Å². The minimum atomic E-state index is -0.319. The maximum atomic E-state index is 14.1. The zero-order valence-corrected chi connectivity index (χ0v) is 19.1. The zero-order chi connectivity index (χ0) is 24.2. The van der Waals surface area contributed by atoms with Crippen LogP contribution in [0.5, 0.6) is 5.88 Å². The Morgan fingerprint density at radius 3 is 2.71 bits per heavy atom. The largest absolute Gasteiger partial charge is 0.475 e. The van der Waals surface area contributed by atoms with E-state index < -0.39 is 0 Å². The second kappa shape index (κ2) is 9.86. The van der Waals surface area contributed by atoms with E-state index in [0.717, 1.165) is 28.2 Å². The number of para-hydroxylation sites is 1. The number of halogens is 1. The Bertz CT molecular complexity index is 1480. The number of fused-ring (bicyclic) bond motifs is 1. The monoisotopic (exact) mass is 469 g/mol. The Morgan fingerprint density at radius 1 is 1.00 bits per heavy atom. The van der Waals surface area contributed by atoms with Crippen LogP contribution in [0.4, 0.5) is 10.1 Å². The number of benzene rings is 2. The van der Waals surface area contributed by atoms with Gasteiger partial charge in [0.15, 0.2) is 0 Å². The lowest BCUT2D eigenvalue weighted by Crippen LogP contribution is -2.11. The van der Waals surface area contributed by atoms with Gasteiger partial charge in [-0.05, 0) is 43.3 Å². The maximum Gasteiger partial charge on any atom is 0.232 e. The van der Waals surface area contributed by atoms with Crippen molar-refractivity contribution in [1.29, 1.82) is 0 Å². The molecule has 9 heteroatoms. The van der Waals surface area contributed by atoms with Gasteiger partial charge < -0.3 is 20.8 Å². The van der Waals surface area contributed by atoms with E-state index >= 15 is 0 Å². The van der Waals surface area contributed by atoms with Crippen molar-refractivity contribution in [3.8, 4) is 28.5 Å². The van der Waals surface area contributed by atoms with E-state index in [2.05, 4.69) is 25.3 Å². The predicted octanol–water partition coefficient (Wildman–Crippen LogP) is 4.48. The van der Waals surface area contributed by atoms with Crippen molar-refractivity contribution in [1.82, 2.24) is 24.9 Å². The fourth-order valence-electron chi connectivity index (χ4n) is 3.74. The SMILES string of the molecule is Cc1cccc(-c2nc(CNc3ccccc3F)[nH]c2-c2ccc3ncc(OCCN)nc3c2)n1. The van der Waals surface area contributed by atoms with Crippen molar-refractivity contribution < 1.29 is 9.13 Å². The van der Waals surface area contributed by atoms with Crippen LogP contribution in [0.25, 0.3) is 33.7 Å². The average Bonchev–Trinajstić information content (AvgIpc) is 3.31. The van der Waals surface area contributed by atoms with Gasteiger partial charge >= 0.3 is 0 Å². The molecule has 35 heavy (non-hydrogen) atoms. The van der Waals surface area contributed by atoms with Crippen molar-refractivity contribution in [2.45, 2.75) is 13.5 Å². The summed E-state index contributed by atoms with van der Waals surface area (Å²) >= 11 is 0. The molecule has 0 aliphatic rings. The average molecular weight is 470 g/mol. The fourth-order valence-corrected chi connectivity index (χ4v) is 3.74. The number of aromatic nitrogens is 5. The first-order valence-electron chi connectivity index (χ1n) is 11.2. The molecule has 0 aliphatic heterocycles. The van der Waals surface area contributed by atoms with E-state index in [9.17, 15) is 4.39 Å². The standard InChI is InChI=1S/C26H24FN7O/c1-16-5-4-8-21(31-16)26-25(33-23(34-26)14-29-19-7-3-2-6-18(19)27)17-9-10-20-22(13-17)32-24(15-30-20)35-12-11-28/h2-10,13,15,29H,11-12,14,28H2,1H3,(H,33,34). The van der Waals surface area contributed by atoms with Gasteiger partial charge in [0.1, 0.15) is 23.9 Å². The molecule has 0 saturated heterocycles. The summed E-state index contributed by atoms with van der Waals surface area (Å²) in [5.74, 6) is 0.744. The highest BCUT2D eigenvalue weighted by Gasteiger charge is 2.17. The summed E-state index contributed by atoms with van der Waals surface area (Å²) in [4.78, 5) is 21.8. The predicted molar refractivity (Wildman–Crippen MR) is 133 cm³/mol. The molecule has 2 aromatic carbocycles. The van der Waals surface area contributed by atoms with Crippen molar-refractivity contribution in [2.24, 2.45) is 5.73 Å². The number of pyridine rings is 1. The van der Waals surface area contributed by atoms with Gasteiger partial charge in [0, 0.05) is 17.8 Å². The lowest BCUT2D eigenvalue weighted by Gasteiger charge is -2.07. The number of ether oxygens (including phenoxy) is 1. The number of H-pyrrole nitrogens is 1. The number of anilines is 1. The Balaban J connectivity index is 1.54. The summed E-state index contributed by atoms with van der Waals surface area (Å²) in [6, 6.07) is 18.1. The summed E-state index contributed by atoms with van der Waals surface area (Å²) in [5, 5.41) is 3.10. The number of hydrogen-bond acceptors (Lipinski definition) is 7. The molecule has 3 aromatic heterocycles. The van der Waals surface area contributed by atoms with Crippen LogP contribution in [0, 0.1) is 12.7 Å². The number of rotatable bonds is 8. The van der Waals surface area contributed by atoms with Gasteiger partial charge in [0.05, 0.1) is 40.9 Å². The number of nitrogens with zero attached hydrogens (tertiary/aromatic N) is 4. The van der Waals surface area contributed by atoms with Crippen LogP contribution in [0.1, 0.15) is 11.5 Å². The molecule has 0 fully saturated rings. The second-order valence-corrected chi connectivity index (χ2v) is 7.95. The quantitative estimate of drug-likeness (QED) is 0.307. The first kappa shape index (κ1) is 22.4. The van der Waals surface area contributed by atoms with Crippen LogP contribution in [-0.4, -0.2) is 38.1 Å². The minimum Gasteiger partial charge on any atom is -0.475 e. The highest BCUT2D eigenvalue weighted by atomic mass is 19.1. The van der Waals surface area contributed by atoms with Crippen LogP contribution in [0.3, 0.4) is 0 Å². The number of nitrogens with two attached hydrogens (primary N) is 1. The van der Waals surface area contributed by atoms with Crippen molar-refractivity contribution in [3.63, 3.8) is 0 Å². The lowest BCUT2D eigenvalue weighted by atomic mass is 10.1. The Kier molecular flexibility index (Phi) is 6.32. The smallest absolute Gasteiger partial charge is 0.232 e. The van der Waals surface area contributed by atoms with Gasteiger partial charge in [-0.25, -0.2) is 19.3 Å². The maximum absolute atomic E-state index is 14.1. The van der Waals surface area contributed by atoms with E-state index in [1.807, 2.05) is 43.3 Å². The van der Waals surface area contributed by atoms with Gasteiger partial charge in [-0.1, -0.05) is 24.3 Å². The minimum absolute atomic E-state index is 0.310. The summed E-state index contributed by atoms with van der Waals surface area (Å²) in [7, 11) is 0. The number of imidazole rings is 1. The molecule has 0 spiro atoms. The molecular weight excluding hydrogens is 445 g/mol. The van der Waals surface area contributed by atoms with Gasteiger partial charge in [0.25, 0.3) is 0 Å². The summed E-state index contributed by atoms with van der Waals surface area (Å²) < 4.78 is 19.6. The molecule has 176 valence electrons. The van der Waals surface area contributed by atoms with Crippen molar-refractivity contribution in [3.05, 3.63) is 84.2 Å². The number of nitrogens with one attached hydrogen (secondary N) is 2. The molecule has 0 aliphatic carbocycles. The van der Waals surface area contributed by atoms with Crippen molar-refractivity contribution in [2.75, 3.05) is 18.5 Å². The van der Waals surface area contributed by atoms with Gasteiger partial charge in [-0.15, -0.1) is 0 Å². The highest BCUT2D eigenvalue weighted by molar-refractivity contribution is 5.85. The zero-order valence-electron chi connectivity index (χ0n) is 19.1. The van der Waals surface area contributed by atoms with E-state index in [-0.39, 0.29) is 5.82 Å². The van der Waals surface area contributed by atoms with Gasteiger partial charge in [0.2, 0.25) is 5.88 Å². The fraction of sp³-hybridized carbons (Fsp3) is 0.154. The van der Waals surface area contributed by atoms with E-state index in [1.165, 1.54) is 6.07 Å². The first-order chi connectivity index (χ1) is 17.1. The number of aryl methyl sites for hydroxylation is 1. The Hall–Kier alpha value is -4.37. The topological polar surface area (TPSA) is 115 Å². The molecule has 0 saturated carbocycles. The molecule has 8 nitrogen and oxygen atoms in total. The third-order valence-corrected chi connectivity index (χ3v) is 5.38. The Morgan fingerprint density at radius 2 is 1.89 bits per heavy atom. The first-order valence-corrected chi connectivity index (χ1v) is 11.2. The number of hydrogen-bond donors (Lipinski definition) is 3. The van der Waals surface area contributed by atoms with Crippen LogP contribution in [-0.2, 0) is 6.54 Å². The van der Waals surface area contributed by atoms with Crippen LogP contribution in [0.15, 0.2) is 66.9 Å². The van der Waals surface area contributed by atoms with Crippen molar-refractivity contribution >= 4 is 16.7 Å². The summed E-state index contributed by atoms with van der Waals surface area (Å²) in [6.45, 7) is 3.00. The molecule has 0 unspecified atom stereocenters. The highest BCUT2D eigenvalue weighted by Crippen LogP contribution is 2.31. The van der Waals surface area contributed by atoms with Crippen LogP contribution >= 0.6 is 0 Å². The normalized spacial score (nSPS) is 11.1. The molecule has 0 atom stereocenters. The molecule has 4 N–H and O–H groups in total. The lowest BCUT2D eigenvalue weighted by molar-refractivity contribution is 0.315. The summed E-state index contributed by atoms with van der Waals surface area (Å²) in [6.07, 6.45) is 1.59. The Labute approximate surface area is 201 Å². The van der Waals surface area contributed by atoms with Gasteiger partial charge in [-0.3, -0.25) is 4.98 Å².